The van der Waals surface area contributed by atoms with Gasteiger partial charge in [0.25, 0.3) is 5.56 Å². The lowest BCUT2D eigenvalue weighted by Gasteiger charge is -2.29. The summed E-state index contributed by atoms with van der Waals surface area (Å²) >= 11 is 0. The molecule has 0 aliphatic carbocycles. The smallest absolute Gasteiger partial charge is 0.262 e. The number of nitrogens with zero attached hydrogens (tertiary/aromatic N) is 2. The average Bonchev–Trinajstić information content (AvgIpc) is 2.68. The normalized spacial score (nSPS) is 20.0. The van der Waals surface area contributed by atoms with E-state index < -0.39 is 0 Å². The second-order valence-corrected chi connectivity index (χ2v) is 7.53. The number of piperidine rings is 1. The summed E-state index contributed by atoms with van der Waals surface area (Å²) in [5.41, 5.74) is 0.408. The van der Waals surface area contributed by atoms with Crippen LogP contribution in [-0.2, 0) is 4.74 Å². The fourth-order valence-corrected chi connectivity index (χ4v) is 3.73. The highest BCUT2D eigenvalue weighted by molar-refractivity contribution is 5.85. The van der Waals surface area contributed by atoms with Crippen LogP contribution >= 0.6 is 0 Å². The number of fused-ring (bicyclic) bond motifs is 1. The number of benzene rings is 1. The molecule has 0 atom stereocenters. The van der Waals surface area contributed by atoms with E-state index in [0.717, 1.165) is 38.8 Å². The Labute approximate surface area is 158 Å². The van der Waals surface area contributed by atoms with Gasteiger partial charge in [-0.2, -0.15) is 0 Å². The topological polar surface area (TPSA) is 76.7 Å². The maximum absolute atomic E-state index is 12.3. The molecule has 7 heteroatoms. The van der Waals surface area contributed by atoms with Crippen molar-refractivity contribution in [3.8, 4) is 11.5 Å². The summed E-state index contributed by atoms with van der Waals surface area (Å²) in [6.07, 6.45) is 5.40. The Balaban J connectivity index is 1.55. The lowest BCUT2D eigenvalue weighted by atomic mass is 9.98. The number of likely N-dealkylation sites (tertiary alicyclic amines) is 1. The minimum absolute atomic E-state index is 0.0469. The van der Waals surface area contributed by atoms with Crippen molar-refractivity contribution in [2.45, 2.75) is 31.8 Å². The number of rotatable bonds is 5. The molecule has 1 aromatic heterocycles. The molecule has 1 aromatic carbocycles. The summed E-state index contributed by atoms with van der Waals surface area (Å²) in [5.74, 6) is 1.82. The van der Waals surface area contributed by atoms with Gasteiger partial charge in [-0.15, -0.1) is 0 Å². The maximum Gasteiger partial charge on any atom is 0.262 e. The second-order valence-electron chi connectivity index (χ2n) is 7.53. The molecule has 3 heterocycles. The number of hydrogen-bond donors (Lipinski definition) is 1. The molecule has 7 nitrogen and oxygen atoms in total. The van der Waals surface area contributed by atoms with Crippen molar-refractivity contribution in [3.05, 3.63) is 28.8 Å². The van der Waals surface area contributed by atoms with Crippen LogP contribution in [0.25, 0.3) is 10.9 Å². The van der Waals surface area contributed by atoms with Gasteiger partial charge >= 0.3 is 0 Å². The molecule has 2 fully saturated rings. The van der Waals surface area contributed by atoms with E-state index in [1.165, 1.54) is 6.33 Å². The molecule has 2 aromatic rings. The van der Waals surface area contributed by atoms with Crippen molar-refractivity contribution in [2.75, 3.05) is 40.0 Å². The lowest BCUT2D eigenvalue weighted by Crippen LogP contribution is -2.32. The summed E-state index contributed by atoms with van der Waals surface area (Å²) in [5, 5.41) is 0.482. The number of hydrogen-bond acceptors (Lipinski definition) is 6. The number of aromatic amines is 1. The van der Waals surface area contributed by atoms with Gasteiger partial charge in [0.2, 0.25) is 0 Å². The van der Waals surface area contributed by atoms with E-state index in [2.05, 4.69) is 21.9 Å². The van der Waals surface area contributed by atoms with Crippen LogP contribution in [0.4, 0.5) is 0 Å². The van der Waals surface area contributed by atoms with Crippen molar-refractivity contribution in [1.82, 2.24) is 14.9 Å². The molecule has 27 heavy (non-hydrogen) atoms. The van der Waals surface area contributed by atoms with E-state index in [0.29, 0.717) is 48.1 Å². The zero-order valence-electron chi connectivity index (χ0n) is 15.8. The third kappa shape index (κ3) is 4.42. The Hall–Kier alpha value is -2.12. The molecule has 4 rings (SSSR count). The predicted molar refractivity (Wildman–Crippen MR) is 103 cm³/mol. The van der Waals surface area contributed by atoms with Gasteiger partial charge < -0.3 is 24.1 Å². The first-order valence-corrected chi connectivity index (χ1v) is 9.76. The van der Waals surface area contributed by atoms with Gasteiger partial charge in [-0.1, -0.05) is 0 Å². The molecule has 146 valence electrons. The average molecular weight is 373 g/mol. The maximum atomic E-state index is 12.3. The first-order valence-electron chi connectivity index (χ1n) is 9.76. The first kappa shape index (κ1) is 18.3. The number of ether oxygens (including phenoxy) is 3. The van der Waals surface area contributed by atoms with Crippen LogP contribution in [0.15, 0.2) is 23.3 Å². The third-order valence-electron chi connectivity index (χ3n) is 5.47. The largest absolute Gasteiger partial charge is 0.493 e. The molecule has 0 radical (unpaired) electrons. The van der Waals surface area contributed by atoms with Crippen molar-refractivity contribution in [1.29, 1.82) is 0 Å². The van der Waals surface area contributed by atoms with Gasteiger partial charge in [0.05, 0.1) is 31.7 Å². The van der Waals surface area contributed by atoms with Gasteiger partial charge in [0, 0.05) is 25.0 Å². The molecule has 0 saturated carbocycles. The molecule has 2 aliphatic heterocycles. The number of H-pyrrole nitrogens is 1. The molecular formula is C20H27N3O4. The standard InChI is InChI=1S/C20H27N3O4/c1-23-6-2-14(3-7-23)12-26-16-10-17-19(20(24)22-13-21-17)18(11-16)27-15-4-8-25-9-5-15/h10-11,13-15H,2-9,12H2,1H3,(H,21,22,24). The van der Waals surface area contributed by atoms with Crippen LogP contribution in [0.3, 0.4) is 0 Å². The monoisotopic (exact) mass is 373 g/mol. The van der Waals surface area contributed by atoms with Gasteiger partial charge in [-0.05, 0) is 38.9 Å². The van der Waals surface area contributed by atoms with Crippen molar-refractivity contribution in [3.63, 3.8) is 0 Å². The fourth-order valence-electron chi connectivity index (χ4n) is 3.73. The van der Waals surface area contributed by atoms with Crippen LogP contribution in [0.1, 0.15) is 25.7 Å². The Bertz CT molecular complexity index is 824. The van der Waals surface area contributed by atoms with E-state index >= 15 is 0 Å². The highest BCUT2D eigenvalue weighted by Crippen LogP contribution is 2.30. The summed E-state index contributed by atoms with van der Waals surface area (Å²) in [4.78, 5) is 21.6. The van der Waals surface area contributed by atoms with Crippen molar-refractivity contribution in [2.24, 2.45) is 5.92 Å². The van der Waals surface area contributed by atoms with Gasteiger partial charge in [-0.25, -0.2) is 4.98 Å². The Morgan fingerprint density at radius 3 is 2.78 bits per heavy atom. The minimum atomic E-state index is -0.191. The van der Waals surface area contributed by atoms with E-state index in [1.807, 2.05) is 12.1 Å². The Morgan fingerprint density at radius 2 is 2.00 bits per heavy atom. The molecule has 1 N–H and O–H groups in total. The van der Waals surface area contributed by atoms with Gasteiger partial charge in [-0.3, -0.25) is 4.79 Å². The van der Waals surface area contributed by atoms with Gasteiger partial charge in [0.15, 0.2) is 0 Å². The molecule has 0 bridgehead atoms. The van der Waals surface area contributed by atoms with Crippen molar-refractivity contribution < 1.29 is 14.2 Å². The highest BCUT2D eigenvalue weighted by atomic mass is 16.5. The molecule has 2 saturated heterocycles. The fraction of sp³-hybridized carbons (Fsp3) is 0.600. The molecular weight excluding hydrogens is 346 g/mol. The van der Waals surface area contributed by atoms with E-state index in [9.17, 15) is 4.79 Å². The zero-order chi connectivity index (χ0) is 18.6. The van der Waals surface area contributed by atoms with Gasteiger partial charge in [0.1, 0.15) is 23.0 Å². The summed E-state index contributed by atoms with van der Waals surface area (Å²) in [6.45, 7) is 4.27. The SMILES string of the molecule is CN1CCC(COc2cc(OC3CCOCC3)c3c(=O)[nH]cnc3c2)CC1. The van der Waals surface area contributed by atoms with Crippen LogP contribution in [-0.4, -0.2) is 60.9 Å². The second kappa shape index (κ2) is 8.27. The van der Waals surface area contributed by atoms with Crippen LogP contribution in [0.2, 0.25) is 0 Å². The Morgan fingerprint density at radius 1 is 1.22 bits per heavy atom. The highest BCUT2D eigenvalue weighted by Gasteiger charge is 2.20. The Kier molecular flexibility index (Phi) is 5.59. The summed E-state index contributed by atoms with van der Waals surface area (Å²) in [7, 11) is 2.16. The number of nitrogens with one attached hydrogen (secondary N) is 1. The number of aromatic nitrogens is 2. The quantitative estimate of drug-likeness (QED) is 0.866. The van der Waals surface area contributed by atoms with E-state index in [1.54, 1.807) is 0 Å². The molecule has 0 spiro atoms. The van der Waals surface area contributed by atoms with Crippen LogP contribution < -0.4 is 15.0 Å². The minimum Gasteiger partial charge on any atom is -0.493 e. The first-order chi connectivity index (χ1) is 13.2. The van der Waals surface area contributed by atoms with E-state index in [-0.39, 0.29) is 11.7 Å². The van der Waals surface area contributed by atoms with E-state index in [4.69, 9.17) is 14.2 Å². The molecule has 0 amide bonds. The van der Waals surface area contributed by atoms with Crippen molar-refractivity contribution >= 4 is 10.9 Å². The molecule has 0 unspecified atom stereocenters. The molecule has 2 aliphatic rings. The van der Waals surface area contributed by atoms with Crippen LogP contribution in [0.5, 0.6) is 11.5 Å². The van der Waals surface area contributed by atoms with Crippen LogP contribution in [0, 0.1) is 5.92 Å². The zero-order valence-corrected chi connectivity index (χ0v) is 15.8. The predicted octanol–water partition coefficient (Wildman–Crippen LogP) is 2.20. The lowest BCUT2D eigenvalue weighted by molar-refractivity contribution is 0.0260. The third-order valence-corrected chi connectivity index (χ3v) is 5.47. The summed E-state index contributed by atoms with van der Waals surface area (Å²) in [6, 6.07) is 3.67. The summed E-state index contributed by atoms with van der Waals surface area (Å²) < 4.78 is 17.6.